The zero-order valence-corrected chi connectivity index (χ0v) is 20.2. The van der Waals surface area contributed by atoms with Crippen molar-refractivity contribution in [3.8, 4) is 11.4 Å². The van der Waals surface area contributed by atoms with Crippen LogP contribution in [0.25, 0.3) is 11.4 Å². The van der Waals surface area contributed by atoms with Gasteiger partial charge in [-0.15, -0.1) is 10.2 Å². The molecule has 33 heavy (non-hydrogen) atoms. The molecule has 0 radical (unpaired) electrons. The van der Waals surface area contributed by atoms with Crippen LogP contribution in [-0.2, 0) is 15.0 Å². The first-order valence-corrected chi connectivity index (χ1v) is 11.7. The Balaban J connectivity index is 1.53. The van der Waals surface area contributed by atoms with Crippen LogP contribution in [0.2, 0.25) is 0 Å². The molecular formula is C24H28N6O2S. The van der Waals surface area contributed by atoms with Gasteiger partial charge in [0.2, 0.25) is 17.0 Å². The normalized spacial score (nSPS) is 15.2. The molecule has 3 N–H and O–H groups in total. The van der Waals surface area contributed by atoms with Crippen molar-refractivity contribution in [3.05, 3.63) is 54.1 Å². The third kappa shape index (κ3) is 4.20. The number of fused-ring (bicyclic) bond motifs is 1. The number of thioether (sulfide) groups is 1. The minimum Gasteiger partial charge on any atom is -0.335 e. The summed E-state index contributed by atoms with van der Waals surface area (Å²) in [6, 6.07) is 15.3. The number of carbonyl (C=O) groups is 2. The Hall–Kier alpha value is -3.33. The van der Waals surface area contributed by atoms with Gasteiger partial charge in [0.15, 0.2) is 5.82 Å². The lowest BCUT2D eigenvalue weighted by molar-refractivity contribution is -0.125. The summed E-state index contributed by atoms with van der Waals surface area (Å²) in [7, 11) is 0. The van der Waals surface area contributed by atoms with Gasteiger partial charge in [-0.05, 0) is 37.0 Å². The first-order valence-electron chi connectivity index (χ1n) is 10.7. The second-order valence-corrected chi connectivity index (χ2v) is 10.5. The SMILES string of the molecule is CC(C)(C)c1ccc(-c2nnc(SCC(=O)N3c4ccccc4NC(=O)C3(C)C)n2N)cc1. The van der Waals surface area contributed by atoms with Crippen LogP contribution in [0, 0.1) is 0 Å². The molecule has 0 atom stereocenters. The van der Waals surface area contributed by atoms with Gasteiger partial charge in [-0.3, -0.25) is 14.5 Å². The molecule has 0 saturated carbocycles. The average molecular weight is 465 g/mol. The van der Waals surface area contributed by atoms with Gasteiger partial charge in [0.25, 0.3) is 0 Å². The summed E-state index contributed by atoms with van der Waals surface area (Å²) < 4.78 is 1.39. The van der Waals surface area contributed by atoms with Crippen molar-refractivity contribution in [3.63, 3.8) is 0 Å². The molecule has 1 aliphatic heterocycles. The Morgan fingerprint density at radius 1 is 1.09 bits per heavy atom. The summed E-state index contributed by atoms with van der Waals surface area (Å²) in [4.78, 5) is 27.4. The Labute approximate surface area is 197 Å². The monoisotopic (exact) mass is 464 g/mol. The molecule has 4 rings (SSSR count). The number of nitrogens with two attached hydrogens (primary N) is 1. The zero-order chi connectivity index (χ0) is 24.0. The molecule has 0 aliphatic carbocycles. The average Bonchev–Trinajstić information content (AvgIpc) is 3.12. The van der Waals surface area contributed by atoms with Gasteiger partial charge in [-0.1, -0.05) is 68.9 Å². The lowest BCUT2D eigenvalue weighted by atomic mass is 9.87. The largest absolute Gasteiger partial charge is 0.335 e. The van der Waals surface area contributed by atoms with Gasteiger partial charge in [0, 0.05) is 5.56 Å². The number of nitrogens with one attached hydrogen (secondary N) is 1. The van der Waals surface area contributed by atoms with E-state index in [1.54, 1.807) is 19.9 Å². The van der Waals surface area contributed by atoms with Crippen LogP contribution >= 0.6 is 11.8 Å². The summed E-state index contributed by atoms with van der Waals surface area (Å²) in [5, 5.41) is 11.7. The fourth-order valence-corrected chi connectivity index (χ4v) is 4.49. The van der Waals surface area contributed by atoms with Crippen LogP contribution in [0.15, 0.2) is 53.7 Å². The van der Waals surface area contributed by atoms with Gasteiger partial charge in [0.1, 0.15) is 5.54 Å². The summed E-state index contributed by atoms with van der Waals surface area (Å²) in [6.45, 7) is 9.93. The molecule has 2 amide bonds. The predicted molar refractivity (Wildman–Crippen MR) is 132 cm³/mol. The maximum Gasteiger partial charge on any atom is 0.250 e. The van der Waals surface area contributed by atoms with Gasteiger partial charge in [-0.25, -0.2) is 4.68 Å². The number of aromatic nitrogens is 3. The Morgan fingerprint density at radius 3 is 2.42 bits per heavy atom. The second-order valence-electron chi connectivity index (χ2n) is 9.55. The Bertz CT molecular complexity index is 1210. The zero-order valence-electron chi connectivity index (χ0n) is 19.4. The smallest absolute Gasteiger partial charge is 0.250 e. The van der Waals surface area contributed by atoms with Crippen molar-refractivity contribution in [1.82, 2.24) is 14.9 Å². The van der Waals surface area contributed by atoms with Crippen molar-refractivity contribution in [2.45, 2.75) is 50.7 Å². The molecule has 2 aromatic carbocycles. The number of para-hydroxylation sites is 2. The number of benzene rings is 2. The molecule has 0 fully saturated rings. The number of rotatable bonds is 4. The standard InChI is InChI=1S/C24H28N6O2S/c1-23(2,3)16-12-10-15(11-13-16)20-27-28-22(30(20)25)33-14-19(31)29-18-9-7-6-8-17(18)26-21(32)24(29,4)5/h6-13H,14,25H2,1-5H3,(H,26,32). The van der Waals surface area contributed by atoms with Crippen molar-refractivity contribution in [1.29, 1.82) is 0 Å². The van der Waals surface area contributed by atoms with E-state index in [0.717, 1.165) is 5.56 Å². The number of hydrogen-bond donors (Lipinski definition) is 2. The van der Waals surface area contributed by atoms with Crippen molar-refractivity contribution in [2.75, 3.05) is 21.8 Å². The van der Waals surface area contributed by atoms with Gasteiger partial charge in [-0.2, -0.15) is 0 Å². The highest BCUT2D eigenvalue weighted by molar-refractivity contribution is 7.99. The van der Waals surface area contributed by atoms with Crippen LogP contribution in [0.1, 0.15) is 40.2 Å². The summed E-state index contributed by atoms with van der Waals surface area (Å²) in [6.07, 6.45) is 0. The molecule has 1 aliphatic rings. The van der Waals surface area contributed by atoms with E-state index >= 15 is 0 Å². The number of anilines is 2. The highest BCUT2D eigenvalue weighted by Gasteiger charge is 2.43. The van der Waals surface area contributed by atoms with Crippen LogP contribution in [0.3, 0.4) is 0 Å². The third-order valence-corrected chi connectivity index (χ3v) is 6.68. The molecule has 1 aromatic heterocycles. The van der Waals surface area contributed by atoms with E-state index in [1.807, 2.05) is 30.3 Å². The molecular weight excluding hydrogens is 436 g/mol. The minimum atomic E-state index is -1.03. The molecule has 9 heteroatoms. The Morgan fingerprint density at radius 2 is 1.76 bits per heavy atom. The lowest BCUT2D eigenvalue weighted by Gasteiger charge is -2.42. The van der Waals surface area contributed by atoms with Crippen LogP contribution in [-0.4, -0.2) is 38.0 Å². The first-order chi connectivity index (χ1) is 15.5. The van der Waals surface area contributed by atoms with Gasteiger partial charge >= 0.3 is 0 Å². The van der Waals surface area contributed by atoms with Crippen LogP contribution < -0.4 is 16.1 Å². The van der Waals surface area contributed by atoms with Gasteiger partial charge < -0.3 is 11.2 Å². The van der Waals surface area contributed by atoms with E-state index in [1.165, 1.54) is 26.9 Å². The second kappa shape index (κ2) is 8.22. The minimum absolute atomic E-state index is 0.0496. The molecule has 0 spiro atoms. The molecule has 0 saturated heterocycles. The molecule has 172 valence electrons. The van der Waals surface area contributed by atoms with Crippen LogP contribution in [0.5, 0.6) is 0 Å². The fourth-order valence-electron chi connectivity index (χ4n) is 3.78. The topological polar surface area (TPSA) is 106 Å². The number of carbonyl (C=O) groups excluding carboxylic acids is 2. The maximum atomic E-state index is 13.2. The predicted octanol–water partition coefficient (Wildman–Crippen LogP) is 3.81. The van der Waals surface area contributed by atoms with E-state index in [9.17, 15) is 9.59 Å². The highest BCUT2D eigenvalue weighted by Crippen LogP contribution is 2.37. The third-order valence-electron chi connectivity index (χ3n) is 5.76. The van der Waals surface area contributed by atoms with Crippen LogP contribution in [0.4, 0.5) is 11.4 Å². The number of nitrogen functional groups attached to an aromatic ring is 1. The van der Waals surface area contributed by atoms with Crippen molar-refractivity contribution in [2.24, 2.45) is 0 Å². The lowest BCUT2D eigenvalue weighted by Crippen LogP contribution is -2.59. The van der Waals surface area contributed by atoms with E-state index in [-0.39, 0.29) is 23.0 Å². The fraction of sp³-hybridized carbons (Fsp3) is 0.333. The molecule has 8 nitrogen and oxygen atoms in total. The van der Waals surface area contributed by atoms with E-state index in [4.69, 9.17) is 5.84 Å². The molecule has 0 unspecified atom stereocenters. The van der Waals surface area contributed by atoms with E-state index < -0.39 is 5.54 Å². The molecule has 3 aromatic rings. The molecule has 2 heterocycles. The number of nitrogens with zero attached hydrogens (tertiary/aromatic N) is 4. The highest BCUT2D eigenvalue weighted by atomic mass is 32.2. The quantitative estimate of drug-likeness (QED) is 0.449. The summed E-state index contributed by atoms with van der Waals surface area (Å²) in [5.74, 6) is 6.39. The van der Waals surface area contributed by atoms with Crippen molar-refractivity contribution < 1.29 is 9.59 Å². The number of amides is 2. The first kappa shape index (κ1) is 22.8. The van der Waals surface area contributed by atoms with E-state index in [2.05, 4.69) is 48.4 Å². The van der Waals surface area contributed by atoms with Crippen molar-refractivity contribution >= 4 is 35.0 Å². The summed E-state index contributed by atoms with van der Waals surface area (Å²) >= 11 is 1.19. The maximum absolute atomic E-state index is 13.2. The Kier molecular flexibility index (Phi) is 5.69. The summed E-state index contributed by atoms with van der Waals surface area (Å²) in [5.41, 5.74) is 2.36. The number of hydrogen-bond acceptors (Lipinski definition) is 6. The molecule has 0 bridgehead atoms. The van der Waals surface area contributed by atoms with E-state index in [0.29, 0.717) is 22.4 Å². The van der Waals surface area contributed by atoms with Gasteiger partial charge in [0.05, 0.1) is 17.1 Å².